The zero-order chi connectivity index (χ0) is 9.97. The highest BCUT2D eigenvalue weighted by molar-refractivity contribution is 5.72. The van der Waals surface area contributed by atoms with Gasteiger partial charge >= 0.3 is 6.03 Å². The molecule has 1 aliphatic rings. The molecule has 3 N–H and O–H groups in total. The van der Waals surface area contributed by atoms with E-state index >= 15 is 0 Å². The lowest BCUT2D eigenvalue weighted by Crippen LogP contribution is -2.43. The van der Waals surface area contributed by atoms with Crippen molar-refractivity contribution in [3.8, 4) is 0 Å². The van der Waals surface area contributed by atoms with Gasteiger partial charge in [0.15, 0.2) is 0 Å². The van der Waals surface area contributed by atoms with Gasteiger partial charge in [-0.1, -0.05) is 0 Å². The minimum Gasteiger partial charge on any atom is -0.377 e. The number of aromatic nitrogens is 3. The van der Waals surface area contributed by atoms with E-state index in [-0.39, 0.29) is 12.1 Å². The van der Waals surface area contributed by atoms with Crippen LogP contribution >= 0.6 is 0 Å². The summed E-state index contributed by atoms with van der Waals surface area (Å²) in [6, 6.07) is -0.625. The average molecular weight is 197 g/mol. The maximum atomic E-state index is 10.7. The number of amides is 2. The van der Waals surface area contributed by atoms with E-state index in [2.05, 4.69) is 15.5 Å². The first-order valence-corrected chi connectivity index (χ1v) is 4.25. The van der Waals surface area contributed by atoms with Crippen molar-refractivity contribution < 1.29 is 9.53 Å². The predicted molar refractivity (Wildman–Crippen MR) is 46.4 cm³/mol. The zero-order valence-corrected chi connectivity index (χ0v) is 7.46. The van der Waals surface area contributed by atoms with Gasteiger partial charge in [0.05, 0.1) is 25.3 Å². The Hall–Kier alpha value is -1.63. The first-order chi connectivity index (χ1) is 6.77. The van der Waals surface area contributed by atoms with E-state index in [0.717, 1.165) is 0 Å². The summed E-state index contributed by atoms with van der Waals surface area (Å²) < 4.78 is 7.05. The molecule has 2 amide bonds. The van der Waals surface area contributed by atoms with Gasteiger partial charge in [0, 0.05) is 0 Å². The molecule has 1 saturated heterocycles. The Balaban J connectivity index is 2.07. The lowest BCUT2D eigenvalue weighted by atomic mass is 10.2. The van der Waals surface area contributed by atoms with Crippen molar-refractivity contribution in [3.63, 3.8) is 0 Å². The number of nitrogens with one attached hydrogen (secondary N) is 1. The van der Waals surface area contributed by atoms with Crippen LogP contribution in [0.1, 0.15) is 6.04 Å². The van der Waals surface area contributed by atoms with Gasteiger partial charge in [0.2, 0.25) is 0 Å². The van der Waals surface area contributed by atoms with E-state index in [4.69, 9.17) is 10.5 Å². The molecule has 2 heterocycles. The predicted octanol–water partition coefficient (Wildman–Crippen LogP) is -1.11. The average Bonchev–Trinajstić information content (AvgIpc) is 2.70. The molecule has 0 radical (unpaired) electrons. The van der Waals surface area contributed by atoms with Gasteiger partial charge in [-0.25, -0.2) is 4.79 Å². The second-order valence-corrected chi connectivity index (χ2v) is 3.13. The Bertz CT molecular complexity index is 312. The van der Waals surface area contributed by atoms with Crippen molar-refractivity contribution in [2.24, 2.45) is 5.73 Å². The second-order valence-electron chi connectivity index (χ2n) is 3.13. The maximum Gasteiger partial charge on any atom is 0.312 e. The smallest absolute Gasteiger partial charge is 0.312 e. The molecule has 0 spiro atoms. The summed E-state index contributed by atoms with van der Waals surface area (Å²) in [4.78, 5) is 10.7. The van der Waals surface area contributed by atoms with Crippen LogP contribution in [0.4, 0.5) is 4.79 Å². The number of nitrogens with zero attached hydrogens (tertiary/aromatic N) is 3. The second kappa shape index (κ2) is 3.62. The standard InChI is InChI=1S/C7H11N5O2/c8-7(13)11-5-1-14-2-6(5)12-3-9-10-4-12/h3-6H,1-2H2,(H3,8,11,13)/t5-,6+/m0/s1. The van der Waals surface area contributed by atoms with Crippen molar-refractivity contribution in [2.45, 2.75) is 12.1 Å². The van der Waals surface area contributed by atoms with Crippen LogP contribution < -0.4 is 11.1 Å². The van der Waals surface area contributed by atoms with Gasteiger partial charge in [-0.2, -0.15) is 0 Å². The molecule has 7 heteroatoms. The van der Waals surface area contributed by atoms with Crippen LogP contribution in [0.5, 0.6) is 0 Å². The first kappa shape index (κ1) is 8.95. The number of urea groups is 1. The molecule has 0 bridgehead atoms. The monoisotopic (exact) mass is 197 g/mol. The van der Waals surface area contributed by atoms with Crippen LogP contribution in [0.15, 0.2) is 12.7 Å². The van der Waals surface area contributed by atoms with Crippen molar-refractivity contribution in [2.75, 3.05) is 13.2 Å². The summed E-state index contributed by atoms with van der Waals surface area (Å²) >= 11 is 0. The highest BCUT2D eigenvalue weighted by Crippen LogP contribution is 2.18. The number of carbonyl (C=O) groups excluding carboxylic acids is 1. The molecule has 0 saturated carbocycles. The van der Waals surface area contributed by atoms with E-state index in [1.165, 1.54) is 0 Å². The molecule has 1 aromatic heterocycles. The van der Waals surface area contributed by atoms with Gasteiger partial charge in [0.1, 0.15) is 12.7 Å². The minimum absolute atomic E-state index is 0.0255. The Kier molecular flexibility index (Phi) is 2.32. The Morgan fingerprint density at radius 2 is 2.21 bits per heavy atom. The Morgan fingerprint density at radius 1 is 1.50 bits per heavy atom. The van der Waals surface area contributed by atoms with Gasteiger partial charge in [-0.15, -0.1) is 10.2 Å². The lowest BCUT2D eigenvalue weighted by Gasteiger charge is -2.18. The Morgan fingerprint density at radius 3 is 2.86 bits per heavy atom. The quantitative estimate of drug-likeness (QED) is 0.628. The van der Waals surface area contributed by atoms with Crippen LogP contribution in [0, 0.1) is 0 Å². The molecular formula is C7H11N5O2. The number of rotatable bonds is 2. The number of hydrogen-bond acceptors (Lipinski definition) is 4. The maximum absolute atomic E-state index is 10.7. The summed E-state index contributed by atoms with van der Waals surface area (Å²) in [5.74, 6) is 0. The zero-order valence-electron chi connectivity index (χ0n) is 7.46. The van der Waals surface area contributed by atoms with Crippen molar-refractivity contribution in [1.82, 2.24) is 20.1 Å². The largest absolute Gasteiger partial charge is 0.377 e. The van der Waals surface area contributed by atoms with Crippen LogP contribution in [0.3, 0.4) is 0 Å². The summed E-state index contributed by atoms with van der Waals surface area (Å²) in [5, 5.41) is 10.0. The van der Waals surface area contributed by atoms with Gasteiger partial charge in [-0.3, -0.25) is 0 Å². The molecule has 1 aromatic rings. The molecule has 2 rings (SSSR count). The molecule has 0 aromatic carbocycles. The molecule has 0 unspecified atom stereocenters. The molecule has 14 heavy (non-hydrogen) atoms. The van der Waals surface area contributed by atoms with Crippen LogP contribution in [-0.4, -0.2) is 40.1 Å². The number of hydrogen-bond donors (Lipinski definition) is 2. The fourth-order valence-electron chi connectivity index (χ4n) is 1.54. The van der Waals surface area contributed by atoms with E-state index in [9.17, 15) is 4.79 Å². The first-order valence-electron chi connectivity index (χ1n) is 4.25. The van der Waals surface area contributed by atoms with Gasteiger partial charge in [0.25, 0.3) is 0 Å². The van der Waals surface area contributed by atoms with Crippen molar-refractivity contribution in [1.29, 1.82) is 0 Å². The highest BCUT2D eigenvalue weighted by atomic mass is 16.5. The molecule has 0 aliphatic carbocycles. The molecule has 7 nitrogen and oxygen atoms in total. The molecule has 2 atom stereocenters. The van der Waals surface area contributed by atoms with Crippen LogP contribution in [-0.2, 0) is 4.74 Å². The van der Waals surface area contributed by atoms with Crippen molar-refractivity contribution in [3.05, 3.63) is 12.7 Å². The molecule has 76 valence electrons. The third-order valence-electron chi connectivity index (χ3n) is 2.20. The molecular weight excluding hydrogens is 186 g/mol. The van der Waals surface area contributed by atoms with Gasteiger partial charge < -0.3 is 20.4 Å². The minimum atomic E-state index is -0.543. The fraction of sp³-hybridized carbons (Fsp3) is 0.571. The fourth-order valence-corrected chi connectivity index (χ4v) is 1.54. The lowest BCUT2D eigenvalue weighted by molar-refractivity contribution is 0.182. The molecule has 1 aliphatic heterocycles. The van der Waals surface area contributed by atoms with Crippen LogP contribution in [0.25, 0.3) is 0 Å². The van der Waals surface area contributed by atoms with E-state index in [0.29, 0.717) is 13.2 Å². The van der Waals surface area contributed by atoms with Gasteiger partial charge in [-0.05, 0) is 0 Å². The summed E-state index contributed by atoms with van der Waals surface area (Å²) in [6.07, 6.45) is 3.18. The third-order valence-corrected chi connectivity index (χ3v) is 2.20. The van der Waals surface area contributed by atoms with Crippen molar-refractivity contribution >= 4 is 6.03 Å². The summed E-state index contributed by atoms with van der Waals surface area (Å²) in [6.45, 7) is 0.995. The Labute approximate surface area is 80.2 Å². The molecule has 1 fully saturated rings. The van der Waals surface area contributed by atoms with E-state index in [1.807, 2.05) is 0 Å². The number of ether oxygens (including phenoxy) is 1. The van der Waals surface area contributed by atoms with E-state index in [1.54, 1.807) is 17.2 Å². The number of carbonyl (C=O) groups is 1. The van der Waals surface area contributed by atoms with E-state index < -0.39 is 6.03 Å². The SMILES string of the molecule is NC(=O)N[C@H]1COC[C@H]1n1cnnc1. The normalized spacial score (nSPS) is 26.3. The number of nitrogens with two attached hydrogens (primary N) is 1. The third kappa shape index (κ3) is 1.67. The topological polar surface area (TPSA) is 95.1 Å². The summed E-state index contributed by atoms with van der Waals surface area (Å²) in [5.41, 5.74) is 5.04. The highest BCUT2D eigenvalue weighted by Gasteiger charge is 2.30. The number of primary amides is 1. The summed E-state index contributed by atoms with van der Waals surface area (Å²) in [7, 11) is 0. The van der Waals surface area contributed by atoms with Crippen LogP contribution in [0.2, 0.25) is 0 Å².